The van der Waals surface area contributed by atoms with Crippen LogP contribution in [0.1, 0.15) is 37.0 Å². The Labute approximate surface area is 206 Å². The summed E-state index contributed by atoms with van der Waals surface area (Å²) in [4.78, 5) is 21.4. The zero-order valence-corrected chi connectivity index (χ0v) is 21.5. The Hall–Kier alpha value is -2.63. The van der Waals surface area contributed by atoms with Crippen molar-refractivity contribution >= 4 is 21.6 Å². The minimum Gasteiger partial charge on any atom is -0.488 e. The fourth-order valence-corrected chi connectivity index (χ4v) is 5.39. The number of nitrogens with one attached hydrogen (secondary N) is 1. The van der Waals surface area contributed by atoms with Crippen molar-refractivity contribution in [1.82, 2.24) is 19.4 Å². The second-order valence-corrected chi connectivity index (χ2v) is 11.6. The maximum Gasteiger partial charge on any atom is 0.280 e. The number of hydrogen-bond acceptors (Lipinski definition) is 7. The SMILES string of the molecule is C[C@@H]1CN([C@H](C)CO)C(=O)c2cc(NS(=O)(=O)c3cn(C)cn3)ccc2O[C@@H]1CN(C)CC1CC1. The van der Waals surface area contributed by atoms with Crippen LogP contribution in [-0.2, 0) is 17.1 Å². The number of ether oxygens (including phenoxy) is 1. The zero-order chi connectivity index (χ0) is 25.3. The van der Waals surface area contributed by atoms with E-state index in [4.69, 9.17) is 4.74 Å². The number of aryl methyl sites for hydroxylation is 1. The highest BCUT2D eigenvalue weighted by Gasteiger charge is 2.34. The molecule has 2 aliphatic rings. The molecule has 1 fully saturated rings. The molecule has 0 radical (unpaired) electrons. The first-order valence-electron chi connectivity index (χ1n) is 12.0. The van der Waals surface area contributed by atoms with Crippen molar-refractivity contribution in [2.75, 3.05) is 38.0 Å². The van der Waals surface area contributed by atoms with Crippen molar-refractivity contribution in [3.63, 3.8) is 0 Å². The van der Waals surface area contributed by atoms with E-state index in [1.54, 1.807) is 35.6 Å². The van der Waals surface area contributed by atoms with E-state index in [0.29, 0.717) is 18.8 Å². The van der Waals surface area contributed by atoms with Crippen molar-refractivity contribution in [1.29, 1.82) is 0 Å². The first-order chi connectivity index (χ1) is 16.6. The molecule has 1 saturated carbocycles. The summed E-state index contributed by atoms with van der Waals surface area (Å²) in [5.74, 6) is 0.878. The number of benzene rings is 1. The molecule has 0 unspecified atom stereocenters. The lowest BCUT2D eigenvalue weighted by atomic mass is 9.99. The molecule has 1 aliphatic heterocycles. The predicted octanol–water partition coefficient (Wildman–Crippen LogP) is 1.78. The topological polar surface area (TPSA) is 117 Å². The standard InChI is InChI=1S/C24H35N5O5S/c1-16-10-29(17(2)14-30)24(31)20-9-19(26-35(32,33)23-13-28(4)15-25-23)7-8-21(20)34-22(16)12-27(3)11-18-5-6-18/h7-9,13,15-18,22,26,30H,5-6,10-12,14H2,1-4H3/t16-,17-,22-/m1/s1. The van der Waals surface area contributed by atoms with Gasteiger partial charge in [-0.15, -0.1) is 0 Å². The first kappa shape index (κ1) is 25.5. The predicted molar refractivity (Wildman–Crippen MR) is 132 cm³/mol. The van der Waals surface area contributed by atoms with Gasteiger partial charge in [-0.25, -0.2) is 4.98 Å². The average Bonchev–Trinajstić information content (AvgIpc) is 3.50. The fraction of sp³-hybridized carbons (Fsp3) is 0.583. The van der Waals surface area contributed by atoms with Crippen LogP contribution in [0.25, 0.3) is 0 Å². The molecule has 0 bridgehead atoms. The van der Waals surface area contributed by atoms with Gasteiger partial charge in [0.05, 0.1) is 24.5 Å². The van der Waals surface area contributed by atoms with E-state index >= 15 is 0 Å². The number of fused-ring (bicyclic) bond motifs is 1. The molecule has 0 saturated heterocycles. The number of aliphatic hydroxyl groups is 1. The highest BCUT2D eigenvalue weighted by molar-refractivity contribution is 7.92. The van der Waals surface area contributed by atoms with Crippen LogP contribution in [0.4, 0.5) is 5.69 Å². The summed E-state index contributed by atoms with van der Waals surface area (Å²) in [5, 5.41) is 9.71. The van der Waals surface area contributed by atoms with Crippen molar-refractivity contribution in [2.24, 2.45) is 18.9 Å². The van der Waals surface area contributed by atoms with E-state index in [1.807, 2.05) is 0 Å². The maximum absolute atomic E-state index is 13.5. The van der Waals surface area contributed by atoms with Gasteiger partial charge in [0.2, 0.25) is 0 Å². The molecule has 4 rings (SSSR count). The van der Waals surface area contributed by atoms with Gasteiger partial charge >= 0.3 is 0 Å². The first-order valence-corrected chi connectivity index (χ1v) is 13.5. The van der Waals surface area contributed by atoms with Gasteiger partial charge < -0.3 is 24.2 Å². The monoisotopic (exact) mass is 505 g/mol. The summed E-state index contributed by atoms with van der Waals surface area (Å²) in [6.07, 6.45) is 5.17. The minimum atomic E-state index is -3.92. The third kappa shape index (κ3) is 5.96. The van der Waals surface area contributed by atoms with Gasteiger partial charge in [-0.05, 0) is 50.9 Å². The molecule has 11 heteroatoms. The van der Waals surface area contributed by atoms with Gasteiger partial charge in [-0.1, -0.05) is 6.92 Å². The number of aromatic nitrogens is 2. The second-order valence-electron chi connectivity index (χ2n) is 9.98. The van der Waals surface area contributed by atoms with Crippen LogP contribution in [0.5, 0.6) is 5.75 Å². The molecule has 35 heavy (non-hydrogen) atoms. The Kier molecular flexibility index (Phi) is 7.39. The molecule has 1 aromatic heterocycles. The van der Waals surface area contributed by atoms with Crippen LogP contribution in [0.2, 0.25) is 0 Å². The summed E-state index contributed by atoms with van der Waals surface area (Å²) in [5.41, 5.74) is 0.493. The van der Waals surface area contributed by atoms with Crippen LogP contribution in [0.3, 0.4) is 0 Å². The fourth-order valence-electron chi connectivity index (χ4n) is 4.36. The summed E-state index contributed by atoms with van der Waals surface area (Å²) in [7, 11) is -0.152. The molecule has 1 amide bonds. The molecule has 2 aromatic rings. The van der Waals surface area contributed by atoms with E-state index in [2.05, 4.69) is 28.6 Å². The van der Waals surface area contributed by atoms with Crippen molar-refractivity contribution in [3.05, 3.63) is 36.3 Å². The van der Waals surface area contributed by atoms with Gasteiger partial charge in [0, 0.05) is 44.5 Å². The molecule has 1 aliphatic carbocycles. The number of carbonyl (C=O) groups is 1. The van der Waals surface area contributed by atoms with Crippen molar-refractivity contribution in [2.45, 2.75) is 43.9 Å². The van der Waals surface area contributed by atoms with Gasteiger partial charge in [-0.3, -0.25) is 9.52 Å². The Morgan fingerprint density at radius 1 is 1.31 bits per heavy atom. The van der Waals surface area contributed by atoms with E-state index < -0.39 is 16.1 Å². The Morgan fingerprint density at radius 2 is 2.06 bits per heavy atom. The third-order valence-electron chi connectivity index (χ3n) is 6.63. The highest BCUT2D eigenvalue weighted by Crippen LogP contribution is 2.32. The summed E-state index contributed by atoms with van der Waals surface area (Å²) < 4.78 is 36.0. The number of sulfonamides is 1. The van der Waals surface area contributed by atoms with Gasteiger partial charge in [0.1, 0.15) is 11.9 Å². The molecule has 192 valence electrons. The Bertz CT molecular complexity index is 1160. The van der Waals surface area contributed by atoms with Gasteiger partial charge in [0.25, 0.3) is 15.9 Å². The lowest BCUT2D eigenvalue weighted by Crippen LogP contribution is -2.50. The van der Waals surface area contributed by atoms with Crippen molar-refractivity contribution in [3.8, 4) is 5.75 Å². The lowest BCUT2D eigenvalue weighted by Gasteiger charge is -2.38. The van der Waals surface area contributed by atoms with Crippen LogP contribution in [0, 0.1) is 11.8 Å². The summed E-state index contributed by atoms with van der Waals surface area (Å²) >= 11 is 0. The van der Waals surface area contributed by atoms with Crippen LogP contribution in [-0.4, -0.2) is 84.2 Å². The van der Waals surface area contributed by atoms with Crippen LogP contribution >= 0.6 is 0 Å². The molecule has 10 nitrogen and oxygen atoms in total. The number of aliphatic hydroxyl groups excluding tert-OH is 1. The normalized spacial score (nSPS) is 21.8. The van der Waals surface area contributed by atoms with Crippen molar-refractivity contribution < 1.29 is 23.1 Å². The third-order valence-corrected chi connectivity index (χ3v) is 7.90. The van der Waals surface area contributed by atoms with E-state index in [9.17, 15) is 18.3 Å². The van der Waals surface area contributed by atoms with Gasteiger partial charge in [0.15, 0.2) is 5.03 Å². The van der Waals surface area contributed by atoms with Crippen LogP contribution < -0.4 is 9.46 Å². The van der Waals surface area contributed by atoms with Crippen LogP contribution in [0.15, 0.2) is 35.7 Å². The molecule has 2 heterocycles. The maximum atomic E-state index is 13.5. The molecule has 1 aromatic carbocycles. The van der Waals surface area contributed by atoms with Gasteiger partial charge in [-0.2, -0.15) is 8.42 Å². The largest absolute Gasteiger partial charge is 0.488 e. The molecule has 2 N–H and O–H groups in total. The number of amides is 1. The Morgan fingerprint density at radius 3 is 2.69 bits per heavy atom. The van der Waals surface area contributed by atoms with E-state index in [-0.39, 0.29) is 40.8 Å². The number of anilines is 1. The molecule has 3 atom stereocenters. The number of carbonyl (C=O) groups excluding carboxylic acids is 1. The van der Waals surface area contributed by atoms with E-state index in [1.165, 1.54) is 31.4 Å². The van der Waals surface area contributed by atoms with E-state index in [0.717, 1.165) is 12.5 Å². The number of nitrogens with zero attached hydrogens (tertiary/aromatic N) is 4. The molecular formula is C24H35N5O5S. The molecular weight excluding hydrogens is 470 g/mol. The number of likely N-dealkylation sites (N-methyl/N-ethyl adjacent to an activating group) is 1. The number of hydrogen-bond donors (Lipinski definition) is 2. The number of rotatable bonds is 9. The average molecular weight is 506 g/mol. The smallest absolute Gasteiger partial charge is 0.280 e. The summed E-state index contributed by atoms with van der Waals surface area (Å²) in [6, 6.07) is 4.33. The minimum absolute atomic E-state index is 0.0325. The highest BCUT2D eigenvalue weighted by atomic mass is 32.2. The summed E-state index contributed by atoms with van der Waals surface area (Å²) in [6.45, 7) is 5.83. The second kappa shape index (κ2) is 10.2. The lowest BCUT2D eigenvalue weighted by molar-refractivity contribution is 0.0344. The quantitative estimate of drug-likeness (QED) is 0.534. The number of imidazole rings is 1. The Balaban J connectivity index is 1.64. The molecule has 0 spiro atoms. The zero-order valence-electron chi connectivity index (χ0n) is 20.7.